The van der Waals surface area contributed by atoms with Crippen LogP contribution in [0.3, 0.4) is 0 Å². The third-order valence-electron chi connectivity index (χ3n) is 2.61. The van der Waals surface area contributed by atoms with Crippen LogP contribution in [0, 0.1) is 0 Å². The molecule has 1 aromatic carbocycles. The van der Waals surface area contributed by atoms with Gasteiger partial charge in [-0.05, 0) is 25.2 Å². The van der Waals surface area contributed by atoms with Crippen molar-refractivity contribution in [3.05, 3.63) is 34.3 Å². The van der Waals surface area contributed by atoms with Crippen molar-refractivity contribution < 1.29 is 9.59 Å². The maximum atomic E-state index is 11.8. The van der Waals surface area contributed by atoms with Gasteiger partial charge >= 0.3 is 0 Å². The van der Waals surface area contributed by atoms with Gasteiger partial charge in [-0.1, -0.05) is 22.0 Å². The monoisotopic (exact) mass is 363 g/mol. The van der Waals surface area contributed by atoms with Gasteiger partial charge in [-0.2, -0.15) is 0 Å². The first-order valence-corrected chi connectivity index (χ1v) is 6.76. The highest BCUT2D eigenvalue weighted by Gasteiger charge is 2.11. The first kappa shape index (κ1) is 18.9. The summed E-state index contributed by atoms with van der Waals surface area (Å²) < 4.78 is 0.831. The molecular weight excluding hydrogens is 346 g/mol. The Kier molecular flexibility index (Phi) is 9.20. The standard InChI is InChI=1S/C13H18BrN3O2.ClH/c1-15-6-7-17(2)12(18)9-16-13(19)10-4-3-5-11(14)8-10;/h3-5,8,15H,6-7,9H2,1-2H3,(H,16,19);1H. The van der Waals surface area contributed by atoms with Gasteiger partial charge in [0.05, 0.1) is 6.54 Å². The molecule has 0 spiro atoms. The van der Waals surface area contributed by atoms with Crippen LogP contribution in [0.25, 0.3) is 0 Å². The maximum absolute atomic E-state index is 11.8. The first-order valence-electron chi connectivity index (χ1n) is 5.97. The second-order valence-electron chi connectivity index (χ2n) is 4.11. The van der Waals surface area contributed by atoms with E-state index >= 15 is 0 Å². The van der Waals surface area contributed by atoms with Gasteiger partial charge in [-0.3, -0.25) is 9.59 Å². The molecule has 0 aromatic heterocycles. The number of rotatable bonds is 6. The fourth-order valence-corrected chi connectivity index (χ4v) is 1.83. The van der Waals surface area contributed by atoms with Crippen LogP contribution in [-0.2, 0) is 4.79 Å². The van der Waals surface area contributed by atoms with Crippen LogP contribution in [0.15, 0.2) is 28.7 Å². The number of nitrogens with zero attached hydrogens (tertiary/aromatic N) is 1. The Bertz CT molecular complexity index is 457. The van der Waals surface area contributed by atoms with Gasteiger partial charge in [-0.15, -0.1) is 12.4 Å². The molecule has 5 nitrogen and oxygen atoms in total. The van der Waals surface area contributed by atoms with E-state index in [1.54, 1.807) is 30.1 Å². The summed E-state index contributed by atoms with van der Waals surface area (Å²) in [6.45, 7) is 1.34. The lowest BCUT2D eigenvalue weighted by atomic mass is 10.2. The molecule has 0 aliphatic rings. The van der Waals surface area contributed by atoms with Crippen LogP contribution in [0.2, 0.25) is 0 Å². The number of benzene rings is 1. The summed E-state index contributed by atoms with van der Waals surface area (Å²) in [7, 11) is 3.54. The minimum absolute atomic E-state index is 0. The third-order valence-corrected chi connectivity index (χ3v) is 3.10. The molecule has 0 saturated heterocycles. The van der Waals surface area contributed by atoms with Crippen molar-refractivity contribution in [3.63, 3.8) is 0 Å². The average Bonchev–Trinajstić information content (AvgIpc) is 2.41. The van der Waals surface area contributed by atoms with Crippen molar-refractivity contribution in [1.29, 1.82) is 0 Å². The molecule has 2 amide bonds. The van der Waals surface area contributed by atoms with Crippen molar-refractivity contribution in [1.82, 2.24) is 15.5 Å². The van der Waals surface area contributed by atoms with Gasteiger partial charge in [0.15, 0.2) is 0 Å². The highest BCUT2D eigenvalue weighted by molar-refractivity contribution is 9.10. The normalized spacial score (nSPS) is 9.55. The lowest BCUT2D eigenvalue weighted by Crippen LogP contribution is -2.40. The average molecular weight is 365 g/mol. The zero-order chi connectivity index (χ0) is 14.3. The predicted octanol–water partition coefficient (Wildman–Crippen LogP) is 1.28. The Morgan fingerprint density at radius 2 is 2.05 bits per heavy atom. The Balaban J connectivity index is 0.00000361. The van der Waals surface area contributed by atoms with Crippen LogP contribution >= 0.6 is 28.3 Å². The number of nitrogens with one attached hydrogen (secondary N) is 2. The molecule has 7 heteroatoms. The van der Waals surface area contributed by atoms with Crippen LogP contribution in [0.1, 0.15) is 10.4 Å². The quantitative estimate of drug-likeness (QED) is 0.799. The van der Waals surface area contributed by atoms with Crippen molar-refractivity contribution in [3.8, 4) is 0 Å². The van der Waals surface area contributed by atoms with E-state index in [2.05, 4.69) is 26.6 Å². The number of hydrogen-bond donors (Lipinski definition) is 2. The van der Waals surface area contributed by atoms with E-state index in [1.807, 2.05) is 13.1 Å². The van der Waals surface area contributed by atoms with Crippen LogP contribution in [0.5, 0.6) is 0 Å². The van der Waals surface area contributed by atoms with Gasteiger partial charge in [0.25, 0.3) is 5.91 Å². The number of amides is 2. The van der Waals surface area contributed by atoms with Crippen LogP contribution in [0.4, 0.5) is 0 Å². The van der Waals surface area contributed by atoms with E-state index in [0.717, 1.165) is 11.0 Å². The minimum Gasteiger partial charge on any atom is -0.343 e. The van der Waals surface area contributed by atoms with E-state index in [0.29, 0.717) is 12.1 Å². The van der Waals surface area contributed by atoms with Crippen LogP contribution < -0.4 is 10.6 Å². The Labute approximate surface area is 133 Å². The third kappa shape index (κ3) is 6.36. The molecule has 0 radical (unpaired) electrons. The number of carbonyl (C=O) groups is 2. The largest absolute Gasteiger partial charge is 0.343 e. The summed E-state index contributed by atoms with van der Waals surface area (Å²) in [6.07, 6.45) is 0. The maximum Gasteiger partial charge on any atom is 0.251 e. The molecule has 0 aliphatic carbocycles. The summed E-state index contributed by atoms with van der Waals surface area (Å²) in [5, 5.41) is 5.58. The van der Waals surface area contributed by atoms with Crippen molar-refractivity contribution in [2.45, 2.75) is 0 Å². The molecule has 0 heterocycles. The minimum atomic E-state index is -0.253. The smallest absolute Gasteiger partial charge is 0.251 e. The fourth-order valence-electron chi connectivity index (χ4n) is 1.43. The molecule has 0 atom stereocenters. The SMILES string of the molecule is CNCCN(C)C(=O)CNC(=O)c1cccc(Br)c1.Cl. The topological polar surface area (TPSA) is 61.4 Å². The Hall–Kier alpha value is -1.11. The number of hydrogen-bond acceptors (Lipinski definition) is 3. The Morgan fingerprint density at radius 3 is 2.65 bits per heavy atom. The van der Waals surface area contributed by atoms with E-state index in [9.17, 15) is 9.59 Å². The summed E-state index contributed by atoms with van der Waals surface area (Å²) in [4.78, 5) is 25.1. The highest BCUT2D eigenvalue weighted by atomic mass is 79.9. The molecular formula is C13H19BrClN3O2. The van der Waals surface area contributed by atoms with E-state index < -0.39 is 0 Å². The van der Waals surface area contributed by atoms with Gasteiger partial charge in [0, 0.05) is 30.2 Å². The molecule has 0 saturated carbocycles. The zero-order valence-electron chi connectivity index (χ0n) is 11.5. The molecule has 2 N–H and O–H groups in total. The fraction of sp³-hybridized carbons (Fsp3) is 0.385. The number of carbonyl (C=O) groups excluding carboxylic acids is 2. The molecule has 0 aliphatic heterocycles. The molecule has 20 heavy (non-hydrogen) atoms. The summed E-state index contributed by atoms with van der Waals surface area (Å²) in [6, 6.07) is 7.03. The van der Waals surface area contributed by atoms with Gasteiger partial charge in [0.2, 0.25) is 5.91 Å². The molecule has 1 rings (SSSR count). The number of likely N-dealkylation sites (N-methyl/N-ethyl adjacent to an activating group) is 2. The first-order chi connectivity index (χ1) is 9.04. The van der Waals surface area contributed by atoms with E-state index in [1.165, 1.54) is 0 Å². The van der Waals surface area contributed by atoms with Crippen molar-refractivity contribution in [2.75, 3.05) is 33.7 Å². The molecule has 0 bridgehead atoms. The highest BCUT2D eigenvalue weighted by Crippen LogP contribution is 2.11. The van der Waals surface area contributed by atoms with Gasteiger partial charge < -0.3 is 15.5 Å². The predicted molar refractivity (Wildman–Crippen MR) is 85.3 cm³/mol. The number of halogens is 2. The molecule has 112 valence electrons. The molecule has 1 aromatic rings. The van der Waals surface area contributed by atoms with E-state index in [-0.39, 0.29) is 30.8 Å². The van der Waals surface area contributed by atoms with Gasteiger partial charge in [-0.25, -0.2) is 0 Å². The lowest BCUT2D eigenvalue weighted by Gasteiger charge is -2.17. The zero-order valence-corrected chi connectivity index (χ0v) is 13.9. The lowest BCUT2D eigenvalue weighted by molar-refractivity contribution is -0.128. The van der Waals surface area contributed by atoms with Gasteiger partial charge in [0.1, 0.15) is 0 Å². The van der Waals surface area contributed by atoms with Crippen LogP contribution in [-0.4, -0.2) is 50.4 Å². The second-order valence-corrected chi connectivity index (χ2v) is 5.03. The summed E-state index contributed by atoms with van der Waals surface area (Å²) in [5.41, 5.74) is 0.528. The van der Waals surface area contributed by atoms with E-state index in [4.69, 9.17) is 0 Å². The second kappa shape index (κ2) is 9.74. The Morgan fingerprint density at radius 1 is 1.35 bits per heavy atom. The summed E-state index contributed by atoms with van der Waals surface area (Å²) in [5.74, 6) is -0.365. The molecule has 0 fully saturated rings. The molecule has 0 unspecified atom stereocenters. The van der Waals surface area contributed by atoms with Crippen molar-refractivity contribution in [2.24, 2.45) is 0 Å². The summed E-state index contributed by atoms with van der Waals surface area (Å²) >= 11 is 3.30. The van der Waals surface area contributed by atoms with Crippen molar-refractivity contribution >= 4 is 40.2 Å².